The number of rotatable bonds is 3. The first kappa shape index (κ1) is 9.58. The molecule has 2 nitrogen and oxygen atoms in total. The van der Waals surface area contributed by atoms with Gasteiger partial charge < -0.3 is 5.21 Å². The van der Waals surface area contributed by atoms with Crippen LogP contribution in [0.5, 0.6) is 0 Å². The van der Waals surface area contributed by atoms with Gasteiger partial charge in [-0.25, -0.2) is 5.48 Å². The summed E-state index contributed by atoms with van der Waals surface area (Å²) in [6, 6.07) is 6.20. The maximum atomic E-state index is 8.55. The molecule has 2 N–H and O–H groups in total. The van der Waals surface area contributed by atoms with Gasteiger partial charge in [0.2, 0.25) is 0 Å². The first-order chi connectivity index (χ1) is 5.77. The molecule has 12 heavy (non-hydrogen) atoms. The van der Waals surface area contributed by atoms with E-state index in [9.17, 15) is 0 Å². The van der Waals surface area contributed by atoms with Crippen molar-refractivity contribution in [1.29, 1.82) is 0 Å². The Morgan fingerprint density at radius 1 is 1.50 bits per heavy atom. The highest BCUT2D eigenvalue weighted by Gasteiger charge is 1.99. The molecule has 0 saturated heterocycles. The van der Waals surface area contributed by atoms with Crippen molar-refractivity contribution in [1.82, 2.24) is 5.48 Å². The summed E-state index contributed by atoms with van der Waals surface area (Å²) in [6.45, 7) is 2.58. The van der Waals surface area contributed by atoms with E-state index in [1.807, 2.05) is 18.4 Å². The fourth-order valence-electron chi connectivity index (χ4n) is 1.08. The molecule has 0 heterocycles. The third-order valence-corrected chi connectivity index (χ3v) is 2.53. The first-order valence-electron chi connectivity index (χ1n) is 3.78. The molecule has 0 unspecified atom stereocenters. The monoisotopic (exact) mass is 183 g/mol. The van der Waals surface area contributed by atoms with Gasteiger partial charge >= 0.3 is 0 Å². The van der Waals surface area contributed by atoms with Crippen LogP contribution in [0.4, 0.5) is 0 Å². The second-order valence-electron chi connectivity index (χ2n) is 2.65. The Balaban J connectivity index is 2.94. The summed E-state index contributed by atoms with van der Waals surface area (Å²) in [7, 11) is 0. The van der Waals surface area contributed by atoms with Gasteiger partial charge in [-0.05, 0) is 30.4 Å². The van der Waals surface area contributed by atoms with Gasteiger partial charge in [0.25, 0.3) is 0 Å². The molecule has 0 aliphatic carbocycles. The lowest BCUT2D eigenvalue weighted by atomic mass is 10.1. The molecule has 0 aliphatic rings. The molecule has 66 valence electrons. The summed E-state index contributed by atoms with van der Waals surface area (Å²) in [4.78, 5) is 1.22. The average Bonchev–Trinajstić information content (AvgIpc) is 2.08. The number of hydrogen-bond acceptors (Lipinski definition) is 3. The van der Waals surface area contributed by atoms with Crippen molar-refractivity contribution in [2.75, 3.05) is 6.26 Å². The van der Waals surface area contributed by atoms with Crippen molar-refractivity contribution in [3.8, 4) is 0 Å². The second kappa shape index (κ2) is 4.50. The molecule has 0 bridgehead atoms. The number of thioether (sulfide) groups is 1. The van der Waals surface area contributed by atoms with Crippen LogP contribution in [0.15, 0.2) is 23.1 Å². The highest BCUT2D eigenvalue weighted by atomic mass is 32.2. The van der Waals surface area contributed by atoms with Crippen molar-refractivity contribution in [3.63, 3.8) is 0 Å². The molecule has 0 aromatic heterocycles. The van der Waals surface area contributed by atoms with E-state index in [2.05, 4.69) is 18.5 Å². The van der Waals surface area contributed by atoms with E-state index in [4.69, 9.17) is 5.21 Å². The van der Waals surface area contributed by atoms with Gasteiger partial charge in [-0.2, -0.15) is 0 Å². The van der Waals surface area contributed by atoms with Gasteiger partial charge in [0, 0.05) is 11.4 Å². The molecule has 0 aliphatic heterocycles. The fraction of sp³-hybridized carbons (Fsp3) is 0.333. The van der Waals surface area contributed by atoms with E-state index in [0.29, 0.717) is 6.54 Å². The zero-order valence-corrected chi connectivity index (χ0v) is 8.11. The Morgan fingerprint density at radius 3 is 2.83 bits per heavy atom. The van der Waals surface area contributed by atoms with Gasteiger partial charge in [-0.3, -0.25) is 0 Å². The quantitative estimate of drug-likeness (QED) is 0.556. The van der Waals surface area contributed by atoms with Crippen LogP contribution in [0.25, 0.3) is 0 Å². The number of hydroxylamine groups is 1. The number of hydrogen-bond donors (Lipinski definition) is 2. The molecule has 0 spiro atoms. The highest BCUT2D eigenvalue weighted by molar-refractivity contribution is 7.98. The lowest BCUT2D eigenvalue weighted by molar-refractivity contribution is 0.160. The maximum absolute atomic E-state index is 8.55. The van der Waals surface area contributed by atoms with Crippen molar-refractivity contribution in [2.45, 2.75) is 18.4 Å². The molecule has 0 amide bonds. The highest BCUT2D eigenvalue weighted by Crippen LogP contribution is 2.21. The van der Waals surface area contributed by atoms with Crippen LogP contribution < -0.4 is 5.48 Å². The van der Waals surface area contributed by atoms with Crippen molar-refractivity contribution in [2.24, 2.45) is 0 Å². The van der Waals surface area contributed by atoms with Gasteiger partial charge in [-0.15, -0.1) is 11.8 Å². The predicted molar refractivity (Wildman–Crippen MR) is 51.6 cm³/mol. The average molecular weight is 183 g/mol. The van der Waals surface area contributed by atoms with E-state index >= 15 is 0 Å². The molecular formula is C9H13NOS. The topological polar surface area (TPSA) is 32.3 Å². The van der Waals surface area contributed by atoms with Crippen LogP contribution in [-0.4, -0.2) is 11.5 Å². The molecule has 0 saturated carbocycles. The summed E-state index contributed by atoms with van der Waals surface area (Å²) in [5.41, 5.74) is 4.55. The molecule has 1 aromatic carbocycles. The Labute approximate surface area is 76.9 Å². The lowest BCUT2D eigenvalue weighted by Gasteiger charge is -2.06. The van der Waals surface area contributed by atoms with Crippen LogP contribution >= 0.6 is 11.8 Å². The molecule has 0 radical (unpaired) electrons. The second-order valence-corrected chi connectivity index (χ2v) is 3.50. The molecule has 1 rings (SSSR count). The van der Waals surface area contributed by atoms with Crippen LogP contribution in [0.3, 0.4) is 0 Å². The number of aryl methyl sites for hydroxylation is 1. The largest absolute Gasteiger partial charge is 0.316 e. The van der Waals surface area contributed by atoms with Crippen LogP contribution in [0, 0.1) is 6.92 Å². The summed E-state index contributed by atoms with van der Waals surface area (Å²) in [6.07, 6.45) is 2.04. The molecule has 1 aromatic rings. The minimum absolute atomic E-state index is 0.510. The summed E-state index contributed by atoms with van der Waals surface area (Å²) < 4.78 is 0. The lowest BCUT2D eigenvalue weighted by Crippen LogP contribution is -2.06. The van der Waals surface area contributed by atoms with E-state index in [-0.39, 0.29) is 0 Å². The van der Waals surface area contributed by atoms with Crippen LogP contribution in [-0.2, 0) is 6.54 Å². The molecular weight excluding hydrogens is 170 g/mol. The van der Waals surface area contributed by atoms with Gasteiger partial charge in [0.1, 0.15) is 0 Å². The molecule has 0 atom stereocenters. The minimum Gasteiger partial charge on any atom is -0.316 e. The maximum Gasteiger partial charge on any atom is 0.0469 e. The molecule has 3 heteroatoms. The van der Waals surface area contributed by atoms with E-state index in [1.165, 1.54) is 10.5 Å². The first-order valence-corrected chi connectivity index (χ1v) is 5.01. The van der Waals surface area contributed by atoms with Crippen LogP contribution in [0.2, 0.25) is 0 Å². The van der Waals surface area contributed by atoms with E-state index in [1.54, 1.807) is 11.8 Å². The SMILES string of the molecule is CSc1cc(C)ccc1CNO. The Bertz CT molecular complexity index is 263. The smallest absolute Gasteiger partial charge is 0.0469 e. The minimum atomic E-state index is 0.510. The number of benzene rings is 1. The van der Waals surface area contributed by atoms with Crippen molar-refractivity contribution in [3.05, 3.63) is 29.3 Å². The van der Waals surface area contributed by atoms with Gasteiger partial charge in [-0.1, -0.05) is 12.1 Å². The standard InChI is InChI=1S/C9H13NOS/c1-7-3-4-8(6-10-11)9(5-7)12-2/h3-5,10-11H,6H2,1-2H3. The van der Waals surface area contributed by atoms with Gasteiger partial charge in [0.05, 0.1) is 0 Å². The summed E-state index contributed by atoms with van der Waals surface area (Å²) in [5.74, 6) is 0. The fourth-order valence-corrected chi connectivity index (χ4v) is 1.79. The Kier molecular flexibility index (Phi) is 3.59. The third kappa shape index (κ3) is 2.24. The summed E-state index contributed by atoms with van der Waals surface area (Å²) in [5, 5.41) is 8.55. The van der Waals surface area contributed by atoms with Crippen molar-refractivity contribution < 1.29 is 5.21 Å². The van der Waals surface area contributed by atoms with Gasteiger partial charge in [0.15, 0.2) is 0 Å². The molecule has 0 fully saturated rings. The zero-order valence-electron chi connectivity index (χ0n) is 7.29. The van der Waals surface area contributed by atoms with Crippen molar-refractivity contribution >= 4 is 11.8 Å². The van der Waals surface area contributed by atoms with Crippen LogP contribution in [0.1, 0.15) is 11.1 Å². The third-order valence-electron chi connectivity index (χ3n) is 1.71. The normalized spacial score (nSPS) is 10.2. The predicted octanol–water partition coefficient (Wildman–Crippen LogP) is 2.20. The number of nitrogens with one attached hydrogen (secondary N) is 1. The summed E-state index contributed by atoms with van der Waals surface area (Å²) >= 11 is 1.70. The van der Waals surface area contributed by atoms with E-state index in [0.717, 1.165) is 5.56 Å². The Hall–Kier alpha value is -0.510. The Morgan fingerprint density at radius 2 is 2.25 bits per heavy atom. The zero-order chi connectivity index (χ0) is 8.97. The van der Waals surface area contributed by atoms with E-state index < -0.39 is 0 Å².